The summed E-state index contributed by atoms with van der Waals surface area (Å²) in [5, 5.41) is 6.96. The molecule has 2 amide bonds. The SMILES string of the molecule is Cc1noc(C)c1CN1C(=O)COc2ccc(NC(=O)CCC3CCCCC3)cc21. The molecule has 0 atom stereocenters. The minimum absolute atomic E-state index is 0.0104. The van der Waals surface area contributed by atoms with E-state index in [-0.39, 0.29) is 18.4 Å². The first-order chi connectivity index (χ1) is 14.5. The van der Waals surface area contributed by atoms with Gasteiger partial charge in [0.05, 0.1) is 17.9 Å². The third kappa shape index (κ3) is 4.50. The first-order valence-electron chi connectivity index (χ1n) is 10.8. The van der Waals surface area contributed by atoms with Crippen LogP contribution in [-0.4, -0.2) is 23.6 Å². The van der Waals surface area contributed by atoms with Crippen molar-refractivity contribution in [1.82, 2.24) is 5.16 Å². The molecule has 1 N–H and O–H groups in total. The molecule has 0 saturated heterocycles. The molecule has 2 aliphatic rings. The number of fused-ring (bicyclic) bond motifs is 1. The number of anilines is 2. The first-order valence-corrected chi connectivity index (χ1v) is 10.8. The van der Waals surface area contributed by atoms with Gasteiger partial charge in [-0.05, 0) is 44.4 Å². The fourth-order valence-electron chi connectivity index (χ4n) is 4.37. The second kappa shape index (κ2) is 8.90. The zero-order valence-electron chi connectivity index (χ0n) is 17.7. The van der Waals surface area contributed by atoms with Gasteiger partial charge in [-0.1, -0.05) is 37.3 Å². The van der Waals surface area contributed by atoms with Crippen molar-refractivity contribution in [1.29, 1.82) is 0 Å². The van der Waals surface area contributed by atoms with Gasteiger partial charge in [0.2, 0.25) is 5.91 Å². The highest BCUT2D eigenvalue weighted by Gasteiger charge is 2.28. The number of benzene rings is 1. The summed E-state index contributed by atoms with van der Waals surface area (Å²) in [5.74, 6) is 1.87. The minimum atomic E-state index is -0.136. The van der Waals surface area contributed by atoms with Gasteiger partial charge in [-0.3, -0.25) is 9.59 Å². The number of ether oxygens (including phenoxy) is 1. The molecule has 1 fully saturated rings. The Kier molecular flexibility index (Phi) is 6.06. The molecule has 0 bridgehead atoms. The molecule has 7 heteroatoms. The van der Waals surface area contributed by atoms with E-state index in [1.807, 2.05) is 26.0 Å². The lowest BCUT2D eigenvalue weighted by Gasteiger charge is -2.29. The van der Waals surface area contributed by atoms with E-state index in [1.54, 1.807) is 11.0 Å². The van der Waals surface area contributed by atoms with Gasteiger partial charge in [-0.25, -0.2) is 0 Å². The van der Waals surface area contributed by atoms with E-state index in [2.05, 4.69) is 10.5 Å². The summed E-state index contributed by atoms with van der Waals surface area (Å²) in [7, 11) is 0. The van der Waals surface area contributed by atoms with Crippen LogP contribution in [-0.2, 0) is 16.1 Å². The molecular formula is C23H29N3O4. The predicted octanol–water partition coefficient (Wildman–Crippen LogP) is 4.52. The van der Waals surface area contributed by atoms with E-state index >= 15 is 0 Å². The zero-order chi connectivity index (χ0) is 21.1. The van der Waals surface area contributed by atoms with Crippen molar-refractivity contribution in [3.8, 4) is 5.75 Å². The number of hydrogen-bond donors (Lipinski definition) is 1. The fraction of sp³-hybridized carbons (Fsp3) is 0.522. The molecular weight excluding hydrogens is 382 g/mol. The van der Waals surface area contributed by atoms with Crippen molar-refractivity contribution >= 4 is 23.2 Å². The molecule has 0 spiro atoms. The number of nitrogens with zero attached hydrogens (tertiary/aromatic N) is 2. The van der Waals surface area contributed by atoms with Gasteiger partial charge in [0.25, 0.3) is 5.91 Å². The third-order valence-electron chi connectivity index (χ3n) is 6.19. The fourth-order valence-corrected chi connectivity index (χ4v) is 4.37. The first kappa shape index (κ1) is 20.4. The van der Waals surface area contributed by atoms with Crippen LogP contribution in [0.25, 0.3) is 0 Å². The van der Waals surface area contributed by atoms with Crippen molar-refractivity contribution in [3.63, 3.8) is 0 Å². The molecule has 0 unspecified atom stereocenters. The van der Waals surface area contributed by atoms with E-state index in [0.717, 1.165) is 17.7 Å². The van der Waals surface area contributed by atoms with Crippen molar-refractivity contribution in [2.75, 3.05) is 16.8 Å². The number of amides is 2. The smallest absolute Gasteiger partial charge is 0.265 e. The van der Waals surface area contributed by atoms with Gasteiger partial charge in [0, 0.05) is 17.7 Å². The van der Waals surface area contributed by atoms with Gasteiger partial charge >= 0.3 is 0 Å². The Morgan fingerprint density at radius 2 is 2.03 bits per heavy atom. The highest BCUT2D eigenvalue weighted by Crippen LogP contribution is 2.36. The Bertz CT molecular complexity index is 911. The van der Waals surface area contributed by atoms with Crippen molar-refractivity contribution < 1.29 is 18.8 Å². The van der Waals surface area contributed by atoms with Gasteiger partial charge in [0.15, 0.2) is 6.61 Å². The van der Waals surface area contributed by atoms with Crippen LogP contribution in [0.4, 0.5) is 11.4 Å². The monoisotopic (exact) mass is 411 g/mol. The van der Waals surface area contributed by atoms with Crippen LogP contribution in [0.1, 0.15) is 62.0 Å². The van der Waals surface area contributed by atoms with Gasteiger partial charge < -0.3 is 19.5 Å². The van der Waals surface area contributed by atoms with Gasteiger partial charge in [0.1, 0.15) is 11.5 Å². The van der Waals surface area contributed by atoms with Crippen LogP contribution in [0.2, 0.25) is 0 Å². The lowest BCUT2D eigenvalue weighted by Crippen LogP contribution is -2.38. The van der Waals surface area contributed by atoms with Crippen LogP contribution >= 0.6 is 0 Å². The molecule has 4 rings (SSSR count). The molecule has 1 saturated carbocycles. The van der Waals surface area contributed by atoms with Crippen LogP contribution in [0, 0.1) is 19.8 Å². The molecule has 30 heavy (non-hydrogen) atoms. The second-order valence-corrected chi connectivity index (χ2v) is 8.34. The van der Waals surface area contributed by atoms with Crippen molar-refractivity contribution in [2.24, 2.45) is 5.92 Å². The molecule has 1 aliphatic carbocycles. The lowest BCUT2D eigenvalue weighted by molar-refractivity contribution is -0.121. The van der Waals surface area contributed by atoms with Crippen LogP contribution < -0.4 is 15.0 Å². The highest BCUT2D eigenvalue weighted by molar-refractivity contribution is 5.99. The number of carbonyl (C=O) groups is 2. The summed E-state index contributed by atoms with van der Waals surface area (Å²) >= 11 is 0. The number of aryl methyl sites for hydroxylation is 2. The lowest BCUT2D eigenvalue weighted by atomic mass is 9.86. The summed E-state index contributed by atoms with van der Waals surface area (Å²) < 4.78 is 10.8. The summed E-state index contributed by atoms with van der Waals surface area (Å²) in [5.41, 5.74) is 2.97. The van der Waals surface area contributed by atoms with Crippen molar-refractivity contribution in [2.45, 2.75) is 65.3 Å². The molecule has 7 nitrogen and oxygen atoms in total. The molecule has 1 aromatic heterocycles. The average Bonchev–Trinajstić information content (AvgIpc) is 3.07. The summed E-state index contributed by atoms with van der Waals surface area (Å²) in [6, 6.07) is 5.43. The Morgan fingerprint density at radius 3 is 2.77 bits per heavy atom. The highest BCUT2D eigenvalue weighted by atomic mass is 16.5. The van der Waals surface area contributed by atoms with Crippen molar-refractivity contribution in [3.05, 3.63) is 35.2 Å². The topological polar surface area (TPSA) is 84.7 Å². The number of rotatable bonds is 6. The van der Waals surface area contributed by atoms with Gasteiger partial charge in [-0.2, -0.15) is 0 Å². The maximum Gasteiger partial charge on any atom is 0.265 e. The molecule has 2 heterocycles. The van der Waals surface area contributed by atoms with E-state index in [0.29, 0.717) is 41.8 Å². The quantitative estimate of drug-likeness (QED) is 0.756. The van der Waals surface area contributed by atoms with E-state index in [1.165, 1.54) is 32.1 Å². The van der Waals surface area contributed by atoms with Gasteiger partial charge in [-0.15, -0.1) is 0 Å². The molecule has 2 aromatic rings. The average molecular weight is 412 g/mol. The third-order valence-corrected chi connectivity index (χ3v) is 6.19. The van der Waals surface area contributed by atoms with E-state index < -0.39 is 0 Å². The zero-order valence-corrected chi connectivity index (χ0v) is 17.7. The van der Waals surface area contributed by atoms with Crippen LogP contribution in [0.15, 0.2) is 22.7 Å². The number of carbonyl (C=O) groups excluding carboxylic acids is 2. The normalized spacial score (nSPS) is 16.9. The summed E-state index contributed by atoms with van der Waals surface area (Å²) in [4.78, 5) is 26.7. The Balaban J connectivity index is 1.46. The minimum Gasteiger partial charge on any atom is -0.482 e. The number of nitrogens with one attached hydrogen (secondary N) is 1. The second-order valence-electron chi connectivity index (χ2n) is 8.34. The maximum atomic E-state index is 12.6. The number of aromatic nitrogens is 1. The van der Waals surface area contributed by atoms with Crippen LogP contribution in [0.5, 0.6) is 5.75 Å². The van der Waals surface area contributed by atoms with E-state index in [4.69, 9.17) is 9.26 Å². The molecule has 1 aromatic carbocycles. The Morgan fingerprint density at radius 1 is 1.23 bits per heavy atom. The maximum absolute atomic E-state index is 12.6. The summed E-state index contributed by atoms with van der Waals surface area (Å²) in [6.07, 6.45) is 7.84. The molecule has 1 aliphatic heterocycles. The predicted molar refractivity (Wildman–Crippen MR) is 114 cm³/mol. The number of hydrogen-bond acceptors (Lipinski definition) is 5. The van der Waals surface area contributed by atoms with E-state index in [9.17, 15) is 9.59 Å². The van der Waals surface area contributed by atoms with Crippen LogP contribution in [0.3, 0.4) is 0 Å². The molecule has 0 radical (unpaired) electrons. The standard InChI is InChI=1S/C23H29N3O4/c1-15-19(16(2)30-25-15)13-26-20-12-18(9-10-21(20)29-14-23(26)28)24-22(27)11-8-17-6-4-3-5-7-17/h9-10,12,17H,3-8,11,13-14H2,1-2H3,(H,24,27). The Labute approximate surface area is 176 Å². The summed E-state index contributed by atoms with van der Waals surface area (Å²) in [6.45, 7) is 4.05. The largest absolute Gasteiger partial charge is 0.482 e. The Hall–Kier alpha value is -2.83. The molecule has 160 valence electrons.